The van der Waals surface area contributed by atoms with Gasteiger partial charge < -0.3 is 15.7 Å². The van der Waals surface area contributed by atoms with E-state index in [-0.39, 0.29) is 23.3 Å². The number of hydrogen-bond donors (Lipinski definition) is 3. The Labute approximate surface area is 127 Å². The standard InChI is InChI=1S/C16H30N2O3/c1-5-16(6-8-17-9-7-16)14(21)18-11-12(13(19)20)10-15(2,3)4/h12,17H,5-11H2,1-4H3,(H,18,21)(H,19,20). The minimum absolute atomic E-state index is 0.0201. The molecule has 0 spiro atoms. The molecule has 0 aliphatic carbocycles. The Morgan fingerprint density at radius 1 is 1.29 bits per heavy atom. The number of carbonyl (C=O) groups excluding carboxylic acids is 1. The van der Waals surface area contributed by atoms with Crippen molar-refractivity contribution in [3.05, 3.63) is 0 Å². The zero-order valence-corrected chi connectivity index (χ0v) is 13.8. The van der Waals surface area contributed by atoms with Gasteiger partial charge in [0.05, 0.1) is 11.3 Å². The summed E-state index contributed by atoms with van der Waals surface area (Å²) in [5.41, 5.74) is -0.388. The lowest BCUT2D eigenvalue weighted by atomic mass is 9.75. The molecule has 1 rings (SSSR count). The Morgan fingerprint density at radius 2 is 1.86 bits per heavy atom. The summed E-state index contributed by atoms with van der Waals surface area (Å²) in [7, 11) is 0. The minimum atomic E-state index is -0.832. The van der Waals surface area contributed by atoms with Crippen LogP contribution in [0.5, 0.6) is 0 Å². The average molecular weight is 298 g/mol. The summed E-state index contributed by atoms with van der Waals surface area (Å²) < 4.78 is 0. The number of nitrogens with one attached hydrogen (secondary N) is 2. The molecule has 1 aliphatic heterocycles. The lowest BCUT2D eigenvalue weighted by molar-refractivity contribution is -0.143. The van der Waals surface area contributed by atoms with Gasteiger partial charge in [-0.15, -0.1) is 0 Å². The first-order valence-electron chi connectivity index (χ1n) is 7.92. The maximum absolute atomic E-state index is 12.5. The lowest BCUT2D eigenvalue weighted by Crippen LogP contribution is -2.49. The Kier molecular flexibility index (Phi) is 6.20. The molecule has 1 fully saturated rings. The first-order valence-corrected chi connectivity index (χ1v) is 7.92. The van der Waals surface area contributed by atoms with Crippen LogP contribution in [-0.4, -0.2) is 36.6 Å². The van der Waals surface area contributed by atoms with Gasteiger partial charge in [-0.1, -0.05) is 27.7 Å². The fraction of sp³-hybridized carbons (Fsp3) is 0.875. The maximum atomic E-state index is 12.5. The molecule has 1 amide bonds. The van der Waals surface area contributed by atoms with Crippen molar-refractivity contribution in [2.45, 2.75) is 53.4 Å². The second-order valence-corrected chi connectivity index (χ2v) is 7.39. The molecule has 0 bridgehead atoms. The van der Waals surface area contributed by atoms with Gasteiger partial charge in [0.15, 0.2) is 0 Å². The molecule has 122 valence electrons. The summed E-state index contributed by atoms with van der Waals surface area (Å²) in [5.74, 6) is -1.34. The molecule has 0 aromatic rings. The Bertz CT molecular complexity index is 368. The van der Waals surface area contributed by atoms with Gasteiger partial charge in [-0.2, -0.15) is 0 Å². The van der Waals surface area contributed by atoms with Crippen LogP contribution in [0.1, 0.15) is 53.4 Å². The Balaban J connectivity index is 2.62. The number of carboxylic acid groups (broad SMARTS) is 1. The van der Waals surface area contributed by atoms with Gasteiger partial charge in [0.2, 0.25) is 5.91 Å². The number of rotatable bonds is 6. The summed E-state index contributed by atoms with van der Waals surface area (Å²) >= 11 is 0. The normalized spacial score (nSPS) is 19.8. The van der Waals surface area contributed by atoms with Crippen LogP contribution >= 0.6 is 0 Å². The molecule has 1 atom stereocenters. The number of carboxylic acids is 1. The van der Waals surface area contributed by atoms with E-state index in [0.717, 1.165) is 32.4 Å². The van der Waals surface area contributed by atoms with Crippen LogP contribution in [0, 0.1) is 16.7 Å². The SMILES string of the molecule is CCC1(C(=O)NCC(CC(C)(C)C)C(=O)O)CCNCC1. The fourth-order valence-electron chi connectivity index (χ4n) is 3.04. The van der Waals surface area contributed by atoms with Crippen molar-refractivity contribution in [1.82, 2.24) is 10.6 Å². The molecular formula is C16H30N2O3. The van der Waals surface area contributed by atoms with E-state index in [0.29, 0.717) is 6.42 Å². The molecule has 0 aromatic heterocycles. The van der Waals surface area contributed by atoms with Gasteiger partial charge in [-0.3, -0.25) is 9.59 Å². The largest absolute Gasteiger partial charge is 0.481 e. The summed E-state index contributed by atoms with van der Waals surface area (Å²) in [6.07, 6.45) is 3.01. The average Bonchev–Trinajstić information content (AvgIpc) is 2.42. The molecule has 5 heteroatoms. The van der Waals surface area contributed by atoms with Crippen molar-refractivity contribution in [3.8, 4) is 0 Å². The number of hydrogen-bond acceptors (Lipinski definition) is 3. The molecule has 1 aliphatic rings. The van der Waals surface area contributed by atoms with E-state index in [1.807, 2.05) is 27.7 Å². The maximum Gasteiger partial charge on any atom is 0.308 e. The quantitative estimate of drug-likeness (QED) is 0.701. The lowest BCUT2D eigenvalue weighted by Gasteiger charge is -2.35. The van der Waals surface area contributed by atoms with E-state index < -0.39 is 11.9 Å². The van der Waals surface area contributed by atoms with Crippen LogP contribution in [0.25, 0.3) is 0 Å². The van der Waals surface area contributed by atoms with Crippen molar-refractivity contribution in [3.63, 3.8) is 0 Å². The summed E-state index contributed by atoms with van der Waals surface area (Å²) in [5, 5.41) is 15.5. The number of aliphatic carboxylic acids is 1. The third-order valence-corrected chi connectivity index (χ3v) is 4.44. The van der Waals surface area contributed by atoms with E-state index in [2.05, 4.69) is 10.6 Å². The van der Waals surface area contributed by atoms with E-state index in [4.69, 9.17) is 0 Å². The fourth-order valence-corrected chi connectivity index (χ4v) is 3.04. The predicted octanol–water partition coefficient (Wildman–Crippen LogP) is 2.02. The Morgan fingerprint density at radius 3 is 2.29 bits per heavy atom. The third-order valence-electron chi connectivity index (χ3n) is 4.44. The first-order chi connectivity index (χ1) is 9.70. The van der Waals surface area contributed by atoms with Crippen LogP contribution in [0.2, 0.25) is 0 Å². The smallest absolute Gasteiger partial charge is 0.308 e. The van der Waals surface area contributed by atoms with Crippen molar-refractivity contribution in [2.75, 3.05) is 19.6 Å². The molecule has 1 saturated heterocycles. The van der Waals surface area contributed by atoms with Crippen molar-refractivity contribution >= 4 is 11.9 Å². The second kappa shape index (κ2) is 7.25. The summed E-state index contributed by atoms with van der Waals surface area (Å²) in [6.45, 7) is 10.0. The van der Waals surface area contributed by atoms with Crippen LogP contribution in [0.15, 0.2) is 0 Å². The minimum Gasteiger partial charge on any atom is -0.481 e. The van der Waals surface area contributed by atoms with E-state index in [1.54, 1.807) is 0 Å². The van der Waals surface area contributed by atoms with Gasteiger partial charge >= 0.3 is 5.97 Å². The van der Waals surface area contributed by atoms with Crippen molar-refractivity contribution in [2.24, 2.45) is 16.7 Å². The number of amides is 1. The summed E-state index contributed by atoms with van der Waals surface area (Å²) in [6, 6.07) is 0. The molecule has 5 nitrogen and oxygen atoms in total. The second-order valence-electron chi connectivity index (χ2n) is 7.39. The van der Waals surface area contributed by atoms with E-state index in [9.17, 15) is 14.7 Å². The Hall–Kier alpha value is -1.10. The highest BCUT2D eigenvalue weighted by molar-refractivity contribution is 5.83. The molecular weight excluding hydrogens is 268 g/mol. The molecule has 0 radical (unpaired) electrons. The number of piperidine rings is 1. The zero-order valence-electron chi connectivity index (χ0n) is 13.8. The monoisotopic (exact) mass is 298 g/mol. The van der Waals surface area contributed by atoms with Gasteiger partial charge in [0.1, 0.15) is 0 Å². The highest BCUT2D eigenvalue weighted by Gasteiger charge is 2.38. The molecule has 1 heterocycles. The van der Waals surface area contributed by atoms with E-state index in [1.165, 1.54) is 0 Å². The van der Waals surface area contributed by atoms with Crippen LogP contribution < -0.4 is 10.6 Å². The zero-order chi connectivity index (χ0) is 16.1. The predicted molar refractivity (Wildman–Crippen MR) is 83.0 cm³/mol. The van der Waals surface area contributed by atoms with Crippen molar-refractivity contribution in [1.29, 1.82) is 0 Å². The highest BCUT2D eigenvalue weighted by atomic mass is 16.4. The first kappa shape index (κ1) is 18.0. The van der Waals surface area contributed by atoms with Gasteiger partial charge in [0, 0.05) is 6.54 Å². The number of carbonyl (C=O) groups is 2. The molecule has 0 saturated carbocycles. The van der Waals surface area contributed by atoms with Gasteiger partial charge in [-0.25, -0.2) is 0 Å². The van der Waals surface area contributed by atoms with Gasteiger partial charge in [0.25, 0.3) is 0 Å². The molecule has 1 unspecified atom stereocenters. The third kappa shape index (κ3) is 5.30. The highest BCUT2D eigenvalue weighted by Crippen LogP contribution is 2.33. The van der Waals surface area contributed by atoms with Crippen LogP contribution in [-0.2, 0) is 9.59 Å². The molecule has 0 aromatic carbocycles. The van der Waals surface area contributed by atoms with Crippen molar-refractivity contribution < 1.29 is 14.7 Å². The van der Waals surface area contributed by atoms with E-state index >= 15 is 0 Å². The molecule has 21 heavy (non-hydrogen) atoms. The van der Waals surface area contributed by atoms with Gasteiger partial charge in [-0.05, 0) is 44.2 Å². The molecule has 3 N–H and O–H groups in total. The van der Waals surface area contributed by atoms with Crippen LogP contribution in [0.3, 0.4) is 0 Å². The summed E-state index contributed by atoms with van der Waals surface area (Å²) in [4.78, 5) is 23.9. The van der Waals surface area contributed by atoms with Crippen LogP contribution in [0.4, 0.5) is 0 Å². The topological polar surface area (TPSA) is 78.4 Å².